The normalized spacial score (nSPS) is 16.2. The van der Waals surface area contributed by atoms with Gasteiger partial charge in [0.05, 0.1) is 0 Å². The number of fused-ring (bicyclic) bond motifs is 1. The molecule has 0 fully saturated rings. The second kappa shape index (κ2) is 4.20. The van der Waals surface area contributed by atoms with Gasteiger partial charge >= 0.3 is 5.97 Å². The van der Waals surface area contributed by atoms with E-state index in [4.69, 9.17) is 0 Å². The number of hydrogen-bond donors (Lipinski definition) is 1. The van der Waals surface area contributed by atoms with Crippen LogP contribution in [0.3, 0.4) is 0 Å². The number of hydrogen-bond acceptors (Lipinski definition) is 2. The van der Waals surface area contributed by atoms with E-state index in [1.807, 2.05) is 26.0 Å². The minimum Gasteiger partial charge on any atom is -0.480 e. The molecular weight excluding hydrogens is 218 g/mol. The van der Waals surface area contributed by atoms with Gasteiger partial charge in [0.15, 0.2) is 0 Å². The third-order valence-corrected chi connectivity index (χ3v) is 3.07. The number of benzene rings is 1. The zero-order valence-corrected chi connectivity index (χ0v) is 9.88. The van der Waals surface area contributed by atoms with Gasteiger partial charge in [-0.05, 0) is 17.5 Å². The number of carbonyl (C=O) groups excluding carboxylic acids is 1. The highest BCUT2D eigenvalue weighted by atomic mass is 16.4. The first-order valence-corrected chi connectivity index (χ1v) is 5.64. The molecule has 1 N–H and O–H groups in total. The van der Waals surface area contributed by atoms with Crippen LogP contribution in [0.5, 0.6) is 0 Å². The van der Waals surface area contributed by atoms with Gasteiger partial charge in [0.1, 0.15) is 6.04 Å². The fourth-order valence-corrected chi connectivity index (χ4v) is 2.28. The van der Waals surface area contributed by atoms with Crippen molar-refractivity contribution in [1.82, 2.24) is 4.90 Å². The molecular formula is C13H15NO3. The van der Waals surface area contributed by atoms with Gasteiger partial charge in [0.25, 0.3) is 5.91 Å². The molecule has 17 heavy (non-hydrogen) atoms. The summed E-state index contributed by atoms with van der Waals surface area (Å²) in [5.74, 6) is -1.23. The maximum absolute atomic E-state index is 12.1. The van der Waals surface area contributed by atoms with Gasteiger partial charge in [-0.25, -0.2) is 4.79 Å². The average Bonchev–Trinajstić information content (AvgIpc) is 2.56. The Balaban J connectivity index is 2.33. The summed E-state index contributed by atoms with van der Waals surface area (Å²) >= 11 is 0. The predicted octanol–water partition coefficient (Wildman–Crippen LogP) is 1.75. The van der Waals surface area contributed by atoms with Crippen LogP contribution in [0.15, 0.2) is 24.3 Å². The van der Waals surface area contributed by atoms with Gasteiger partial charge in [-0.1, -0.05) is 32.0 Å². The van der Waals surface area contributed by atoms with Gasteiger partial charge in [0, 0.05) is 12.1 Å². The van der Waals surface area contributed by atoms with Gasteiger partial charge in [-0.3, -0.25) is 4.79 Å². The summed E-state index contributed by atoms with van der Waals surface area (Å²) in [5, 5.41) is 9.21. The van der Waals surface area contributed by atoms with Crippen molar-refractivity contribution in [2.75, 3.05) is 0 Å². The molecule has 0 aromatic heterocycles. The Morgan fingerprint density at radius 3 is 2.53 bits per heavy atom. The summed E-state index contributed by atoms with van der Waals surface area (Å²) < 4.78 is 0. The second-order valence-corrected chi connectivity index (χ2v) is 4.62. The monoisotopic (exact) mass is 233 g/mol. The topological polar surface area (TPSA) is 57.6 Å². The van der Waals surface area contributed by atoms with Gasteiger partial charge in [0.2, 0.25) is 0 Å². The van der Waals surface area contributed by atoms with E-state index in [9.17, 15) is 14.7 Å². The highest BCUT2D eigenvalue weighted by molar-refractivity contribution is 6.00. The van der Waals surface area contributed by atoms with Crippen molar-refractivity contribution in [2.24, 2.45) is 5.92 Å². The van der Waals surface area contributed by atoms with E-state index in [1.165, 1.54) is 4.90 Å². The van der Waals surface area contributed by atoms with Crippen molar-refractivity contribution >= 4 is 11.9 Å². The van der Waals surface area contributed by atoms with Crippen molar-refractivity contribution in [2.45, 2.75) is 26.4 Å². The number of carboxylic acids is 1. The Kier molecular flexibility index (Phi) is 2.88. The largest absolute Gasteiger partial charge is 0.480 e. The zero-order valence-electron chi connectivity index (χ0n) is 9.88. The molecule has 0 saturated heterocycles. The van der Waals surface area contributed by atoms with Crippen LogP contribution in [0.25, 0.3) is 0 Å². The van der Waals surface area contributed by atoms with Crippen LogP contribution in [-0.2, 0) is 11.3 Å². The average molecular weight is 233 g/mol. The van der Waals surface area contributed by atoms with Crippen LogP contribution in [-0.4, -0.2) is 27.9 Å². The molecule has 1 amide bonds. The van der Waals surface area contributed by atoms with E-state index in [-0.39, 0.29) is 11.8 Å². The second-order valence-electron chi connectivity index (χ2n) is 4.62. The Labute approximate surface area is 99.9 Å². The molecule has 1 aliphatic rings. The van der Waals surface area contributed by atoms with Gasteiger partial charge in [-0.2, -0.15) is 0 Å². The minimum atomic E-state index is -0.943. The fourth-order valence-electron chi connectivity index (χ4n) is 2.28. The van der Waals surface area contributed by atoms with Crippen LogP contribution in [0.1, 0.15) is 29.8 Å². The first-order chi connectivity index (χ1) is 8.02. The standard InChI is InChI=1S/C13H15NO3/c1-8(2)11(13(16)17)14-7-9-5-3-4-6-10(9)12(14)15/h3-6,8,11H,7H2,1-2H3,(H,16,17)/t11-/m1/s1. The lowest BCUT2D eigenvalue weighted by Crippen LogP contribution is -2.44. The summed E-state index contributed by atoms with van der Waals surface area (Å²) in [6.45, 7) is 4.02. The maximum Gasteiger partial charge on any atom is 0.326 e. The number of nitrogens with zero attached hydrogens (tertiary/aromatic N) is 1. The molecule has 0 saturated carbocycles. The molecule has 0 unspecified atom stereocenters. The number of aliphatic carboxylic acids is 1. The maximum atomic E-state index is 12.1. The van der Waals surface area contributed by atoms with E-state index < -0.39 is 12.0 Å². The number of rotatable bonds is 3. The van der Waals surface area contributed by atoms with Crippen molar-refractivity contribution in [3.05, 3.63) is 35.4 Å². The summed E-state index contributed by atoms with van der Waals surface area (Å²) in [7, 11) is 0. The first kappa shape index (κ1) is 11.6. The summed E-state index contributed by atoms with van der Waals surface area (Å²) in [6.07, 6.45) is 0. The molecule has 1 heterocycles. The molecule has 2 rings (SSSR count). The molecule has 1 aromatic carbocycles. The molecule has 4 nitrogen and oxygen atoms in total. The number of carboxylic acid groups (broad SMARTS) is 1. The van der Waals surface area contributed by atoms with E-state index in [2.05, 4.69) is 0 Å². The van der Waals surface area contributed by atoms with E-state index in [1.54, 1.807) is 12.1 Å². The van der Waals surface area contributed by atoms with Crippen LogP contribution in [0.4, 0.5) is 0 Å². The SMILES string of the molecule is CC(C)[C@H](C(=O)O)N1Cc2ccccc2C1=O. The van der Waals surface area contributed by atoms with E-state index in [0.717, 1.165) is 5.56 Å². The highest BCUT2D eigenvalue weighted by Crippen LogP contribution is 2.26. The van der Waals surface area contributed by atoms with Crippen LogP contribution < -0.4 is 0 Å². The molecule has 1 aliphatic heterocycles. The van der Waals surface area contributed by atoms with E-state index >= 15 is 0 Å². The molecule has 90 valence electrons. The zero-order chi connectivity index (χ0) is 12.6. The Morgan fingerprint density at radius 2 is 2.00 bits per heavy atom. The van der Waals surface area contributed by atoms with Crippen LogP contribution in [0.2, 0.25) is 0 Å². The summed E-state index contributed by atoms with van der Waals surface area (Å²) in [4.78, 5) is 24.8. The highest BCUT2D eigenvalue weighted by Gasteiger charge is 2.37. The quantitative estimate of drug-likeness (QED) is 0.865. The molecule has 4 heteroatoms. The Bertz CT molecular complexity index is 467. The number of carbonyl (C=O) groups is 2. The Hall–Kier alpha value is -1.84. The van der Waals surface area contributed by atoms with Gasteiger partial charge < -0.3 is 10.0 Å². The summed E-state index contributed by atoms with van der Waals surface area (Å²) in [5.41, 5.74) is 1.53. The van der Waals surface area contributed by atoms with Crippen LogP contribution >= 0.6 is 0 Å². The van der Waals surface area contributed by atoms with E-state index in [0.29, 0.717) is 12.1 Å². The summed E-state index contributed by atoms with van der Waals surface area (Å²) in [6, 6.07) is 6.52. The number of amides is 1. The molecule has 0 radical (unpaired) electrons. The van der Waals surface area contributed by atoms with Crippen molar-refractivity contribution in [1.29, 1.82) is 0 Å². The minimum absolute atomic E-state index is 0.106. The third kappa shape index (κ3) is 1.90. The lowest BCUT2D eigenvalue weighted by molar-refractivity contribution is -0.144. The molecule has 0 aliphatic carbocycles. The van der Waals surface area contributed by atoms with Crippen molar-refractivity contribution in [3.63, 3.8) is 0 Å². The fraction of sp³-hybridized carbons (Fsp3) is 0.385. The van der Waals surface area contributed by atoms with Crippen molar-refractivity contribution in [3.8, 4) is 0 Å². The first-order valence-electron chi connectivity index (χ1n) is 5.64. The molecule has 1 aromatic rings. The lowest BCUT2D eigenvalue weighted by atomic mass is 10.0. The third-order valence-electron chi connectivity index (χ3n) is 3.07. The predicted molar refractivity (Wildman–Crippen MR) is 62.6 cm³/mol. The Morgan fingerprint density at radius 1 is 1.35 bits per heavy atom. The lowest BCUT2D eigenvalue weighted by Gasteiger charge is -2.27. The molecule has 1 atom stereocenters. The van der Waals surface area contributed by atoms with Crippen LogP contribution in [0, 0.1) is 5.92 Å². The van der Waals surface area contributed by atoms with Gasteiger partial charge in [-0.15, -0.1) is 0 Å². The molecule has 0 bridgehead atoms. The van der Waals surface area contributed by atoms with Crippen molar-refractivity contribution < 1.29 is 14.7 Å². The molecule has 0 spiro atoms. The smallest absolute Gasteiger partial charge is 0.326 e.